The van der Waals surface area contributed by atoms with Gasteiger partial charge in [0.1, 0.15) is 5.92 Å². The molecule has 3 atom stereocenters. The summed E-state index contributed by atoms with van der Waals surface area (Å²) in [5.41, 5.74) is 3.41. The van der Waals surface area contributed by atoms with Crippen LogP contribution in [-0.2, 0) is 14.4 Å². The molecule has 2 saturated heterocycles. The molecule has 0 aliphatic carbocycles. The highest BCUT2D eigenvalue weighted by atomic mass is 16.7. The molecule has 0 N–H and O–H groups in total. The summed E-state index contributed by atoms with van der Waals surface area (Å²) >= 11 is 0. The number of hydrogen-bond donors (Lipinski definition) is 0. The van der Waals surface area contributed by atoms with E-state index >= 15 is 0 Å². The Morgan fingerprint density at radius 2 is 1.34 bits per heavy atom. The van der Waals surface area contributed by atoms with Gasteiger partial charge in [0.2, 0.25) is 5.91 Å². The number of carbonyl (C=O) groups excluding carboxylic acids is 2. The molecule has 0 radical (unpaired) electrons. The van der Waals surface area contributed by atoms with Gasteiger partial charge in [0, 0.05) is 0 Å². The normalized spacial score (nSPS) is 23.6. The van der Waals surface area contributed by atoms with Gasteiger partial charge in [-0.25, -0.2) is 9.96 Å². The van der Waals surface area contributed by atoms with Crippen molar-refractivity contribution in [2.75, 3.05) is 9.96 Å². The van der Waals surface area contributed by atoms with Crippen LogP contribution < -0.4 is 9.96 Å². The predicted octanol–water partition coefficient (Wildman–Crippen LogP) is 4.05. The van der Waals surface area contributed by atoms with E-state index in [9.17, 15) is 9.59 Å². The quantitative estimate of drug-likeness (QED) is 0.640. The summed E-state index contributed by atoms with van der Waals surface area (Å²) in [6, 6.07) is 26.4. The fourth-order valence-electron chi connectivity index (χ4n) is 4.15. The lowest BCUT2D eigenvalue weighted by molar-refractivity contribution is -0.126. The maximum absolute atomic E-state index is 13.4. The van der Waals surface area contributed by atoms with Crippen molar-refractivity contribution >= 4 is 23.2 Å². The van der Waals surface area contributed by atoms with E-state index in [1.54, 1.807) is 17.2 Å². The Morgan fingerprint density at radius 1 is 0.724 bits per heavy atom. The van der Waals surface area contributed by atoms with Gasteiger partial charge in [-0.3, -0.25) is 14.4 Å². The highest BCUT2D eigenvalue weighted by Crippen LogP contribution is 2.47. The highest BCUT2D eigenvalue weighted by Gasteiger charge is 2.60. The van der Waals surface area contributed by atoms with E-state index in [1.807, 2.05) is 79.7 Å². The summed E-state index contributed by atoms with van der Waals surface area (Å²) < 4.78 is 0. The first-order valence-corrected chi connectivity index (χ1v) is 9.65. The minimum Gasteiger partial charge on any atom is -0.273 e. The molecule has 2 heterocycles. The Balaban J connectivity index is 1.58. The second-order valence-corrected chi connectivity index (χ2v) is 7.42. The van der Waals surface area contributed by atoms with Crippen molar-refractivity contribution in [3.8, 4) is 0 Å². The van der Waals surface area contributed by atoms with Gasteiger partial charge in [-0.1, -0.05) is 66.2 Å². The zero-order valence-electron chi connectivity index (χ0n) is 15.9. The van der Waals surface area contributed by atoms with Gasteiger partial charge in [-0.2, -0.15) is 0 Å². The molecular weight excluding hydrogens is 364 g/mol. The number of anilines is 2. The molecule has 3 aromatic carbocycles. The van der Waals surface area contributed by atoms with E-state index in [-0.39, 0.29) is 17.9 Å². The zero-order chi connectivity index (χ0) is 20.0. The summed E-state index contributed by atoms with van der Waals surface area (Å²) in [7, 11) is 0. The molecule has 2 amide bonds. The van der Waals surface area contributed by atoms with Crippen LogP contribution in [0.3, 0.4) is 0 Å². The SMILES string of the molecule is Cc1ccc(N2C(=O)[C@H]3[C@H](ON(c4ccccc4)[C@H]3c3ccccc3)C2=O)cc1. The number of para-hydroxylation sites is 1. The van der Waals surface area contributed by atoms with Gasteiger partial charge in [0.05, 0.1) is 17.4 Å². The smallest absolute Gasteiger partial charge is 0.266 e. The molecule has 3 aromatic rings. The number of nitrogens with zero attached hydrogens (tertiary/aromatic N) is 2. The number of aryl methyl sites for hydroxylation is 1. The Bertz CT molecular complexity index is 1050. The van der Waals surface area contributed by atoms with E-state index in [4.69, 9.17) is 4.84 Å². The molecule has 0 spiro atoms. The van der Waals surface area contributed by atoms with Gasteiger partial charge < -0.3 is 0 Å². The van der Waals surface area contributed by atoms with Crippen molar-refractivity contribution in [1.82, 2.24) is 0 Å². The zero-order valence-corrected chi connectivity index (χ0v) is 15.9. The molecule has 0 aromatic heterocycles. The number of imide groups is 1. The van der Waals surface area contributed by atoms with Crippen LogP contribution in [0.25, 0.3) is 0 Å². The van der Waals surface area contributed by atoms with Crippen molar-refractivity contribution in [2.45, 2.75) is 19.1 Å². The van der Waals surface area contributed by atoms with Gasteiger partial charge >= 0.3 is 0 Å². The maximum Gasteiger partial charge on any atom is 0.266 e. The molecule has 2 aliphatic heterocycles. The van der Waals surface area contributed by atoms with Crippen LogP contribution in [0.2, 0.25) is 0 Å². The van der Waals surface area contributed by atoms with Crippen LogP contribution in [-0.4, -0.2) is 17.9 Å². The van der Waals surface area contributed by atoms with Crippen molar-refractivity contribution in [1.29, 1.82) is 0 Å². The Labute approximate surface area is 169 Å². The molecular formula is C24H20N2O3. The number of carbonyl (C=O) groups is 2. The lowest BCUT2D eigenvalue weighted by Gasteiger charge is -2.28. The average Bonchev–Trinajstić information content (AvgIpc) is 3.27. The number of fused-ring (bicyclic) bond motifs is 1. The lowest BCUT2D eigenvalue weighted by Crippen LogP contribution is -2.37. The first-order chi connectivity index (χ1) is 14.1. The van der Waals surface area contributed by atoms with Crippen molar-refractivity contribution < 1.29 is 14.4 Å². The van der Waals surface area contributed by atoms with Crippen LogP contribution in [0.15, 0.2) is 84.9 Å². The fraction of sp³-hybridized carbons (Fsp3) is 0.167. The van der Waals surface area contributed by atoms with E-state index in [2.05, 4.69) is 0 Å². The van der Waals surface area contributed by atoms with Crippen LogP contribution in [0.5, 0.6) is 0 Å². The minimum atomic E-state index is -0.839. The molecule has 5 rings (SSSR count). The van der Waals surface area contributed by atoms with Crippen molar-refractivity contribution in [2.24, 2.45) is 5.92 Å². The largest absolute Gasteiger partial charge is 0.273 e. The molecule has 0 unspecified atom stereocenters. The van der Waals surface area contributed by atoms with Gasteiger partial charge in [0.25, 0.3) is 5.91 Å². The molecule has 0 bridgehead atoms. The van der Waals surface area contributed by atoms with Gasteiger partial charge in [0.15, 0.2) is 6.10 Å². The average molecular weight is 384 g/mol. The fourth-order valence-corrected chi connectivity index (χ4v) is 4.15. The molecule has 144 valence electrons. The maximum atomic E-state index is 13.4. The first-order valence-electron chi connectivity index (χ1n) is 9.65. The van der Waals surface area contributed by atoms with Crippen LogP contribution >= 0.6 is 0 Å². The summed E-state index contributed by atoms with van der Waals surface area (Å²) in [4.78, 5) is 34.0. The lowest BCUT2D eigenvalue weighted by atomic mass is 9.90. The summed E-state index contributed by atoms with van der Waals surface area (Å²) in [5.74, 6) is -1.15. The molecule has 29 heavy (non-hydrogen) atoms. The van der Waals surface area contributed by atoms with E-state index < -0.39 is 12.0 Å². The third-order valence-corrected chi connectivity index (χ3v) is 5.56. The van der Waals surface area contributed by atoms with Crippen molar-refractivity contribution in [3.05, 3.63) is 96.1 Å². The van der Waals surface area contributed by atoms with Crippen LogP contribution in [0.4, 0.5) is 11.4 Å². The topological polar surface area (TPSA) is 49.9 Å². The Hall–Kier alpha value is -3.44. The van der Waals surface area contributed by atoms with Crippen LogP contribution in [0.1, 0.15) is 17.2 Å². The number of hydrogen-bond acceptors (Lipinski definition) is 4. The summed E-state index contributed by atoms with van der Waals surface area (Å²) in [5, 5.41) is 1.72. The minimum absolute atomic E-state index is 0.226. The molecule has 5 heteroatoms. The van der Waals surface area contributed by atoms with Gasteiger partial charge in [-0.15, -0.1) is 0 Å². The number of amides is 2. The summed E-state index contributed by atoms with van der Waals surface area (Å²) in [6.07, 6.45) is -0.839. The van der Waals surface area contributed by atoms with Crippen LogP contribution in [0, 0.1) is 12.8 Å². The second-order valence-electron chi connectivity index (χ2n) is 7.42. The van der Waals surface area contributed by atoms with Gasteiger partial charge in [-0.05, 0) is 36.8 Å². The Morgan fingerprint density at radius 3 is 2.00 bits per heavy atom. The van der Waals surface area contributed by atoms with Crippen molar-refractivity contribution in [3.63, 3.8) is 0 Å². The molecule has 2 aliphatic rings. The monoisotopic (exact) mass is 384 g/mol. The Kier molecular flexibility index (Phi) is 4.18. The summed E-state index contributed by atoms with van der Waals surface area (Å²) in [6.45, 7) is 1.97. The van der Waals surface area contributed by atoms with E-state index in [0.29, 0.717) is 5.69 Å². The molecule has 5 nitrogen and oxygen atoms in total. The first kappa shape index (κ1) is 17.6. The van der Waals surface area contributed by atoms with E-state index in [0.717, 1.165) is 16.8 Å². The highest BCUT2D eigenvalue weighted by molar-refractivity contribution is 6.23. The molecule has 2 fully saturated rings. The standard InChI is InChI=1S/C24H20N2O3/c1-16-12-14-18(15-13-16)25-23(27)20-21(17-8-4-2-5-9-17)26(29-22(20)24(25)28)19-10-6-3-7-11-19/h2-15,20-22H,1H3/t20-,21+,22+/m1/s1. The van der Waals surface area contributed by atoms with E-state index in [1.165, 1.54) is 4.90 Å². The molecule has 0 saturated carbocycles. The second kappa shape index (κ2) is 6.87. The third-order valence-electron chi connectivity index (χ3n) is 5.56. The number of rotatable bonds is 3. The number of hydroxylamine groups is 1. The predicted molar refractivity (Wildman–Crippen MR) is 110 cm³/mol. The number of benzene rings is 3. The third kappa shape index (κ3) is 2.82.